The van der Waals surface area contributed by atoms with E-state index in [9.17, 15) is 9.59 Å². The molecular weight excluding hydrogens is 270 g/mol. The van der Waals surface area contributed by atoms with Crippen molar-refractivity contribution in [2.75, 3.05) is 20.8 Å². The summed E-state index contributed by atoms with van der Waals surface area (Å²) in [5.41, 5.74) is 1.82. The summed E-state index contributed by atoms with van der Waals surface area (Å²) in [5.74, 6) is -0.887. The molecular formula is C16H21NO4. The number of amides is 1. The van der Waals surface area contributed by atoms with E-state index in [2.05, 4.69) is 0 Å². The molecule has 0 spiro atoms. The molecule has 1 rings (SSSR count). The highest BCUT2D eigenvalue weighted by Crippen LogP contribution is 2.09. The molecule has 0 aliphatic heterocycles. The molecule has 5 heteroatoms. The molecule has 0 atom stereocenters. The van der Waals surface area contributed by atoms with Gasteiger partial charge in [0.15, 0.2) is 0 Å². The van der Waals surface area contributed by atoms with Crippen LogP contribution < -0.4 is 0 Å². The highest BCUT2D eigenvalue weighted by atomic mass is 16.5. The average Bonchev–Trinajstić information content (AvgIpc) is 2.46. The number of hydrogen-bond acceptors (Lipinski definition) is 3. The number of benzene rings is 1. The predicted octanol–water partition coefficient (Wildman–Crippen LogP) is 2.17. The molecule has 114 valence electrons. The van der Waals surface area contributed by atoms with E-state index in [0.29, 0.717) is 19.6 Å². The SMILES string of the molecule is COCCCC(=O)N(C)Cc1ccc(/C=C/C(=O)O)cc1. The number of carbonyl (C=O) groups excluding carboxylic acids is 1. The summed E-state index contributed by atoms with van der Waals surface area (Å²) in [4.78, 5) is 24.0. The summed E-state index contributed by atoms with van der Waals surface area (Å²) in [6.07, 6.45) is 3.83. The van der Waals surface area contributed by atoms with Crippen molar-refractivity contribution >= 4 is 18.0 Å². The fraction of sp³-hybridized carbons (Fsp3) is 0.375. The lowest BCUT2D eigenvalue weighted by Gasteiger charge is -2.17. The fourth-order valence-corrected chi connectivity index (χ4v) is 1.82. The lowest BCUT2D eigenvalue weighted by molar-refractivity contribution is -0.132. The van der Waals surface area contributed by atoms with Crippen LogP contribution in [0.4, 0.5) is 0 Å². The van der Waals surface area contributed by atoms with Crippen LogP contribution >= 0.6 is 0 Å². The monoisotopic (exact) mass is 291 g/mol. The summed E-state index contributed by atoms with van der Waals surface area (Å²) in [7, 11) is 3.39. The summed E-state index contributed by atoms with van der Waals surface area (Å²) in [5, 5.41) is 8.56. The van der Waals surface area contributed by atoms with E-state index in [1.54, 1.807) is 19.1 Å². The molecule has 1 aromatic rings. The number of carboxylic acids is 1. The number of nitrogens with zero attached hydrogens (tertiary/aromatic N) is 1. The van der Waals surface area contributed by atoms with Gasteiger partial charge in [-0.1, -0.05) is 24.3 Å². The second-order valence-electron chi connectivity index (χ2n) is 4.76. The van der Waals surface area contributed by atoms with Crippen molar-refractivity contribution in [2.24, 2.45) is 0 Å². The van der Waals surface area contributed by atoms with Crippen LogP contribution in [0.1, 0.15) is 24.0 Å². The van der Waals surface area contributed by atoms with Crippen LogP contribution in [0.15, 0.2) is 30.3 Å². The van der Waals surface area contributed by atoms with E-state index in [1.165, 1.54) is 6.08 Å². The Labute approximate surface area is 124 Å². The number of carboxylic acid groups (broad SMARTS) is 1. The van der Waals surface area contributed by atoms with Gasteiger partial charge in [-0.05, 0) is 23.6 Å². The van der Waals surface area contributed by atoms with Crippen molar-refractivity contribution in [2.45, 2.75) is 19.4 Å². The van der Waals surface area contributed by atoms with E-state index >= 15 is 0 Å². The highest BCUT2D eigenvalue weighted by molar-refractivity contribution is 5.85. The summed E-state index contributed by atoms with van der Waals surface area (Å²) >= 11 is 0. The molecule has 0 aromatic heterocycles. The largest absolute Gasteiger partial charge is 0.478 e. The van der Waals surface area contributed by atoms with E-state index in [-0.39, 0.29) is 5.91 Å². The van der Waals surface area contributed by atoms with Crippen molar-refractivity contribution in [3.63, 3.8) is 0 Å². The molecule has 0 radical (unpaired) electrons. The smallest absolute Gasteiger partial charge is 0.328 e. The van der Waals surface area contributed by atoms with Crippen molar-refractivity contribution in [1.29, 1.82) is 0 Å². The summed E-state index contributed by atoms with van der Waals surface area (Å²) in [6.45, 7) is 1.12. The van der Waals surface area contributed by atoms with Crippen LogP contribution in [0.5, 0.6) is 0 Å². The molecule has 0 heterocycles. The van der Waals surface area contributed by atoms with Gasteiger partial charge >= 0.3 is 5.97 Å². The minimum Gasteiger partial charge on any atom is -0.478 e. The van der Waals surface area contributed by atoms with Crippen LogP contribution in [0, 0.1) is 0 Å². The van der Waals surface area contributed by atoms with Gasteiger partial charge in [-0.25, -0.2) is 4.79 Å². The predicted molar refractivity (Wildman–Crippen MR) is 80.7 cm³/mol. The van der Waals surface area contributed by atoms with E-state index in [1.807, 2.05) is 24.3 Å². The average molecular weight is 291 g/mol. The third kappa shape index (κ3) is 6.72. The van der Waals surface area contributed by atoms with Gasteiger partial charge in [-0.15, -0.1) is 0 Å². The standard InChI is InChI=1S/C16H21NO4/c1-17(15(18)4-3-11-21-2)12-14-7-5-13(6-8-14)9-10-16(19)20/h5-10H,3-4,11-12H2,1-2H3,(H,19,20)/b10-9+. The third-order valence-corrected chi connectivity index (χ3v) is 2.98. The van der Waals surface area contributed by atoms with Crippen LogP contribution in [-0.4, -0.2) is 42.6 Å². The van der Waals surface area contributed by atoms with Crippen molar-refractivity contribution in [1.82, 2.24) is 4.90 Å². The maximum Gasteiger partial charge on any atom is 0.328 e. The first-order valence-electron chi connectivity index (χ1n) is 6.75. The zero-order valence-electron chi connectivity index (χ0n) is 12.4. The van der Waals surface area contributed by atoms with Crippen molar-refractivity contribution in [3.8, 4) is 0 Å². The van der Waals surface area contributed by atoms with Crippen LogP contribution in [0.25, 0.3) is 6.08 Å². The molecule has 0 fully saturated rings. The molecule has 5 nitrogen and oxygen atoms in total. The van der Waals surface area contributed by atoms with Crippen LogP contribution in [-0.2, 0) is 20.9 Å². The quantitative estimate of drug-likeness (QED) is 0.589. The van der Waals surface area contributed by atoms with E-state index in [0.717, 1.165) is 23.6 Å². The minimum absolute atomic E-state index is 0.0851. The van der Waals surface area contributed by atoms with Gasteiger partial charge in [0.05, 0.1) is 0 Å². The minimum atomic E-state index is -0.972. The Morgan fingerprint density at radius 1 is 1.29 bits per heavy atom. The summed E-state index contributed by atoms with van der Waals surface area (Å²) < 4.78 is 4.92. The van der Waals surface area contributed by atoms with Gasteiger partial charge < -0.3 is 14.7 Å². The highest BCUT2D eigenvalue weighted by Gasteiger charge is 2.08. The van der Waals surface area contributed by atoms with Gasteiger partial charge in [0.1, 0.15) is 0 Å². The van der Waals surface area contributed by atoms with Gasteiger partial charge in [0, 0.05) is 39.8 Å². The normalized spacial score (nSPS) is 10.8. The maximum atomic E-state index is 11.9. The lowest BCUT2D eigenvalue weighted by Crippen LogP contribution is -2.26. The van der Waals surface area contributed by atoms with Gasteiger partial charge in [-0.3, -0.25) is 4.79 Å². The molecule has 1 aromatic carbocycles. The van der Waals surface area contributed by atoms with Crippen LogP contribution in [0.2, 0.25) is 0 Å². The first-order chi connectivity index (χ1) is 10.0. The molecule has 0 saturated carbocycles. The van der Waals surface area contributed by atoms with Crippen molar-refractivity contribution < 1.29 is 19.4 Å². The Kier molecular flexibility index (Phi) is 7.18. The Morgan fingerprint density at radius 3 is 2.52 bits per heavy atom. The Morgan fingerprint density at radius 2 is 1.95 bits per heavy atom. The number of hydrogen-bond donors (Lipinski definition) is 1. The van der Waals surface area contributed by atoms with Gasteiger partial charge in [0.2, 0.25) is 5.91 Å². The first-order valence-corrected chi connectivity index (χ1v) is 6.75. The second-order valence-corrected chi connectivity index (χ2v) is 4.76. The van der Waals surface area contributed by atoms with E-state index < -0.39 is 5.97 Å². The zero-order chi connectivity index (χ0) is 15.7. The zero-order valence-corrected chi connectivity index (χ0v) is 12.4. The van der Waals surface area contributed by atoms with Gasteiger partial charge in [-0.2, -0.15) is 0 Å². The number of carbonyl (C=O) groups is 2. The van der Waals surface area contributed by atoms with Crippen molar-refractivity contribution in [3.05, 3.63) is 41.5 Å². The Hall–Kier alpha value is -2.14. The van der Waals surface area contributed by atoms with Crippen LogP contribution in [0.3, 0.4) is 0 Å². The number of methoxy groups -OCH3 is 1. The van der Waals surface area contributed by atoms with E-state index in [4.69, 9.17) is 9.84 Å². The van der Waals surface area contributed by atoms with Gasteiger partial charge in [0.25, 0.3) is 0 Å². The Balaban J connectivity index is 2.51. The molecule has 1 N–H and O–H groups in total. The lowest BCUT2D eigenvalue weighted by atomic mass is 10.1. The summed E-state index contributed by atoms with van der Waals surface area (Å²) in [6, 6.07) is 7.44. The number of aliphatic carboxylic acids is 1. The molecule has 21 heavy (non-hydrogen) atoms. The molecule has 0 unspecified atom stereocenters. The first kappa shape index (κ1) is 16.9. The molecule has 0 aliphatic carbocycles. The third-order valence-electron chi connectivity index (χ3n) is 2.98. The Bertz CT molecular complexity index is 494. The molecule has 0 saturated heterocycles. The molecule has 0 bridgehead atoms. The topological polar surface area (TPSA) is 66.8 Å². The fourth-order valence-electron chi connectivity index (χ4n) is 1.82. The molecule has 0 aliphatic rings. The molecule has 1 amide bonds. The number of rotatable bonds is 8. The number of ether oxygens (including phenoxy) is 1. The maximum absolute atomic E-state index is 11.9. The second kappa shape index (κ2) is 8.92.